The van der Waals surface area contributed by atoms with Gasteiger partial charge in [-0.2, -0.15) is 0 Å². The fraction of sp³-hybridized carbons (Fsp3) is 0.364. The van der Waals surface area contributed by atoms with Crippen molar-refractivity contribution in [2.45, 2.75) is 31.8 Å². The highest BCUT2D eigenvalue weighted by Gasteiger charge is 2.30. The Labute approximate surface area is 177 Å². The van der Waals surface area contributed by atoms with Gasteiger partial charge in [0.05, 0.1) is 0 Å². The molecular formula is C22H22BrFN4O. The number of fused-ring (bicyclic) bond motifs is 2. The van der Waals surface area contributed by atoms with Crippen LogP contribution in [0.3, 0.4) is 0 Å². The number of aromatic nitrogens is 2. The minimum atomic E-state index is -0.442. The quantitative estimate of drug-likeness (QED) is 0.586. The van der Waals surface area contributed by atoms with Crippen molar-refractivity contribution in [1.29, 1.82) is 0 Å². The van der Waals surface area contributed by atoms with E-state index in [2.05, 4.69) is 50.1 Å². The maximum Gasteiger partial charge on any atom is 0.274 e. The molecule has 1 amide bonds. The van der Waals surface area contributed by atoms with Crippen LogP contribution in [-0.2, 0) is 13.0 Å². The van der Waals surface area contributed by atoms with Crippen molar-refractivity contribution in [2.24, 2.45) is 0 Å². The minimum absolute atomic E-state index is 0.119. The molecule has 0 spiro atoms. The van der Waals surface area contributed by atoms with E-state index >= 15 is 0 Å². The molecule has 0 N–H and O–H groups in total. The van der Waals surface area contributed by atoms with Crippen LogP contribution < -0.4 is 0 Å². The molecule has 5 nitrogen and oxygen atoms in total. The summed E-state index contributed by atoms with van der Waals surface area (Å²) < 4.78 is 16.3. The predicted molar refractivity (Wildman–Crippen MR) is 112 cm³/mol. The number of imidazole rings is 1. The standard InChI is InChI=1S/C22H22BrFN4O/c23-17-11-19(24)21-25-20(14-28(21)13-17)22(29)26-9-6-18(7-10-26)27-8-5-15-3-1-2-4-16(15)12-27/h1-4,11,13-14,18H,5-10,12H2. The first-order valence-electron chi connectivity index (χ1n) is 10.0. The van der Waals surface area contributed by atoms with Crippen molar-refractivity contribution in [3.8, 4) is 0 Å². The maximum atomic E-state index is 14.1. The molecule has 0 saturated carbocycles. The second kappa shape index (κ2) is 7.54. The third-order valence-electron chi connectivity index (χ3n) is 6.12. The van der Waals surface area contributed by atoms with Crippen LogP contribution in [0.1, 0.15) is 34.5 Å². The average molecular weight is 457 g/mol. The van der Waals surface area contributed by atoms with E-state index in [0.29, 0.717) is 29.3 Å². The van der Waals surface area contributed by atoms with Gasteiger partial charge in [-0.25, -0.2) is 9.37 Å². The molecule has 4 heterocycles. The lowest BCUT2D eigenvalue weighted by molar-refractivity contribution is 0.0595. The van der Waals surface area contributed by atoms with Gasteiger partial charge >= 0.3 is 0 Å². The largest absolute Gasteiger partial charge is 0.337 e. The molecule has 3 aromatic rings. The van der Waals surface area contributed by atoms with Gasteiger partial charge in [0.15, 0.2) is 11.5 Å². The van der Waals surface area contributed by atoms with E-state index < -0.39 is 5.82 Å². The van der Waals surface area contributed by atoms with Crippen LogP contribution in [0.15, 0.2) is 47.2 Å². The van der Waals surface area contributed by atoms with Gasteiger partial charge in [-0.05, 0) is 52.4 Å². The van der Waals surface area contributed by atoms with E-state index in [-0.39, 0.29) is 11.6 Å². The van der Waals surface area contributed by atoms with E-state index in [9.17, 15) is 9.18 Å². The van der Waals surface area contributed by atoms with Crippen LogP contribution in [0.5, 0.6) is 0 Å². The molecule has 2 aliphatic rings. The van der Waals surface area contributed by atoms with Gasteiger partial charge in [-0.1, -0.05) is 24.3 Å². The predicted octanol–water partition coefficient (Wildman–Crippen LogP) is 3.90. The van der Waals surface area contributed by atoms with Crippen molar-refractivity contribution in [3.63, 3.8) is 0 Å². The first-order valence-corrected chi connectivity index (χ1v) is 10.8. The number of nitrogens with zero attached hydrogens (tertiary/aromatic N) is 4. The molecule has 150 valence electrons. The first kappa shape index (κ1) is 18.8. The average Bonchev–Trinajstić information content (AvgIpc) is 3.17. The van der Waals surface area contributed by atoms with Crippen molar-refractivity contribution in [2.75, 3.05) is 19.6 Å². The third kappa shape index (κ3) is 3.57. The Morgan fingerprint density at radius 3 is 2.66 bits per heavy atom. The second-order valence-corrected chi connectivity index (χ2v) is 8.79. The fourth-order valence-corrected chi connectivity index (χ4v) is 4.97. The number of carbonyl (C=O) groups excluding carboxylic acids is 1. The summed E-state index contributed by atoms with van der Waals surface area (Å²) >= 11 is 3.27. The minimum Gasteiger partial charge on any atom is -0.337 e. The van der Waals surface area contributed by atoms with Crippen molar-refractivity contribution in [1.82, 2.24) is 19.2 Å². The number of hydrogen-bond donors (Lipinski definition) is 0. The Morgan fingerprint density at radius 2 is 1.86 bits per heavy atom. The summed E-state index contributed by atoms with van der Waals surface area (Å²) in [5.74, 6) is -0.561. The van der Waals surface area contributed by atoms with Gasteiger partial charge in [0.25, 0.3) is 5.91 Å². The first-order chi connectivity index (χ1) is 14.1. The molecule has 1 saturated heterocycles. The molecule has 2 aromatic heterocycles. The zero-order valence-electron chi connectivity index (χ0n) is 16.0. The Morgan fingerprint density at radius 1 is 1.10 bits per heavy atom. The molecule has 0 aliphatic carbocycles. The monoisotopic (exact) mass is 456 g/mol. The van der Waals surface area contributed by atoms with Crippen LogP contribution in [0.2, 0.25) is 0 Å². The molecular weight excluding hydrogens is 435 g/mol. The van der Waals surface area contributed by atoms with Crippen LogP contribution >= 0.6 is 15.9 Å². The molecule has 0 atom stereocenters. The molecule has 1 fully saturated rings. The van der Waals surface area contributed by atoms with Crippen molar-refractivity contribution < 1.29 is 9.18 Å². The molecule has 0 bridgehead atoms. The van der Waals surface area contributed by atoms with E-state index in [1.54, 1.807) is 16.8 Å². The van der Waals surface area contributed by atoms with Gasteiger partial charge in [0, 0.05) is 49.1 Å². The van der Waals surface area contributed by atoms with E-state index in [1.807, 2.05) is 4.90 Å². The molecule has 7 heteroatoms. The summed E-state index contributed by atoms with van der Waals surface area (Å²) in [5.41, 5.74) is 3.36. The van der Waals surface area contributed by atoms with Gasteiger partial charge in [0.1, 0.15) is 5.69 Å². The van der Waals surface area contributed by atoms with Gasteiger partial charge < -0.3 is 9.30 Å². The molecule has 1 aromatic carbocycles. The zero-order chi connectivity index (χ0) is 20.0. The molecule has 29 heavy (non-hydrogen) atoms. The van der Waals surface area contributed by atoms with Crippen LogP contribution in [0.4, 0.5) is 4.39 Å². The normalized spacial score (nSPS) is 18.2. The highest BCUT2D eigenvalue weighted by Crippen LogP contribution is 2.25. The molecule has 2 aliphatic heterocycles. The Bertz CT molecular complexity index is 1070. The number of benzene rings is 1. The Balaban J connectivity index is 1.25. The number of likely N-dealkylation sites (tertiary alicyclic amines) is 1. The van der Waals surface area contributed by atoms with Crippen LogP contribution in [0.25, 0.3) is 5.65 Å². The van der Waals surface area contributed by atoms with Crippen molar-refractivity contribution in [3.05, 3.63) is 69.8 Å². The maximum absolute atomic E-state index is 14.1. The van der Waals surface area contributed by atoms with Gasteiger partial charge in [-0.15, -0.1) is 0 Å². The Hall–Kier alpha value is -2.25. The number of pyridine rings is 1. The lowest BCUT2D eigenvalue weighted by Gasteiger charge is -2.40. The van der Waals surface area contributed by atoms with E-state index in [1.165, 1.54) is 17.2 Å². The SMILES string of the molecule is O=C(c1cn2cc(Br)cc(F)c2n1)N1CCC(N2CCc3ccccc3C2)CC1. The summed E-state index contributed by atoms with van der Waals surface area (Å²) in [6.45, 7) is 3.50. The highest BCUT2D eigenvalue weighted by atomic mass is 79.9. The smallest absolute Gasteiger partial charge is 0.274 e. The molecule has 5 rings (SSSR count). The number of rotatable bonds is 2. The number of hydrogen-bond acceptors (Lipinski definition) is 3. The summed E-state index contributed by atoms with van der Waals surface area (Å²) in [6, 6.07) is 10.5. The summed E-state index contributed by atoms with van der Waals surface area (Å²) in [7, 11) is 0. The highest BCUT2D eigenvalue weighted by molar-refractivity contribution is 9.10. The van der Waals surface area contributed by atoms with E-state index in [4.69, 9.17) is 0 Å². The summed E-state index contributed by atoms with van der Waals surface area (Å²) in [6.07, 6.45) is 6.34. The Kier molecular flexibility index (Phi) is 4.87. The lowest BCUT2D eigenvalue weighted by atomic mass is 9.95. The number of amides is 1. The fourth-order valence-electron chi connectivity index (χ4n) is 4.55. The van der Waals surface area contributed by atoms with Crippen LogP contribution in [0, 0.1) is 5.82 Å². The molecule has 0 unspecified atom stereocenters. The topological polar surface area (TPSA) is 40.9 Å². The second-order valence-electron chi connectivity index (χ2n) is 7.88. The molecule has 0 radical (unpaired) electrons. The number of halogens is 2. The van der Waals surface area contributed by atoms with Gasteiger partial charge in [-0.3, -0.25) is 9.69 Å². The third-order valence-corrected chi connectivity index (χ3v) is 6.55. The van der Waals surface area contributed by atoms with Crippen molar-refractivity contribution >= 4 is 27.5 Å². The summed E-state index contributed by atoms with van der Waals surface area (Å²) in [5, 5.41) is 0. The van der Waals surface area contributed by atoms with Gasteiger partial charge in [0.2, 0.25) is 0 Å². The lowest BCUT2D eigenvalue weighted by Crippen LogP contribution is -2.48. The van der Waals surface area contributed by atoms with Crippen LogP contribution in [-0.4, -0.2) is 50.8 Å². The summed E-state index contributed by atoms with van der Waals surface area (Å²) in [4.78, 5) is 21.6. The van der Waals surface area contributed by atoms with E-state index in [0.717, 1.165) is 32.4 Å². The zero-order valence-corrected chi connectivity index (χ0v) is 17.6. The number of carbonyl (C=O) groups is 1. The number of piperidine rings is 1.